The Kier molecular flexibility index (Phi) is 5.73. The quantitative estimate of drug-likeness (QED) is 0.373. The van der Waals surface area contributed by atoms with E-state index in [1.165, 1.54) is 6.07 Å². The first kappa shape index (κ1) is 20.6. The fourth-order valence-electron chi connectivity index (χ4n) is 2.72. The smallest absolute Gasteiger partial charge is 0.422 e. The van der Waals surface area contributed by atoms with Crippen LogP contribution >= 0.6 is 0 Å². The molecule has 0 N–H and O–H groups in total. The van der Waals surface area contributed by atoms with Crippen molar-refractivity contribution in [2.24, 2.45) is 0 Å². The van der Waals surface area contributed by atoms with Crippen LogP contribution in [-0.2, 0) is 6.42 Å². The molecule has 0 unspecified atom stereocenters. The van der Waals surface area contributed by atoms with Crippen LogP contribution in [0.5, 0.6) is 5.75 Å². The van der Waals surface area contributed by atoms with Crippen molar-refractivity contribution in [2.45, 2.75) is 19.5 Å². The van der Waals surface area contributed by atoms with Gasteiger partial charge in [0.15, 0.2) is 24.0 Å². The number of fused-ring (bicyclic) bond motifs is 1. The summed E-state index contributed by atoms with van der Waals surface area (Å²) >= 11 is 0. The van der Waals surface area contributed by atoms with Gasteiger partial charge in [-0.05, 0) is 35.6 Å². The molecule has 0 radical (unpaired) electrons. The summed E-state index contributed by atoms with van der Waals surface area (Å²) in [5.74, 6) is 0.557. The first-order valence-corrected chi connectivity index (χ1v) is 8.59. The molecule has 0 aliphatic rings. The number of hydrogen-bond acceptors (Lipinski definition) is 1. The second-order valence-corrected chi connectivity index (χ2v) is 6.26. The minimum absolute atomic E-state index is 0.0277. The zero-order valence-corrected chi connectivity index (χ0v) is 15.1. The van der Waals surface area contributed by atoms with Crippen molar-refractivity contribution in [3.05, 3.63) is 76.6 Å². The molecule has 29 heavy (non-hydrogen) atoms. The number of halogens is 6. The van der Waals surface area contributed by atoms with E-state index < -0.39 is 36.0 Å². The van der Waals surface area contributed by atoms with Gasteiger partial charge in [-0.1, -0.05) is 43.0 Å². The van der Waals surface area contributed by atoms with Gasteiger partial charge in [0.25, 0.3) is 0 Å². The molecule has 7 heteroatoms. The molecule has 0 saturated heterocycles. The zero-order chi connectivity index (χ0) is 21.2. The van der Waals surface area contributed by atoms with Gasteiger partial charge in [-0.25, -0.2) is 13.2 Å². The lowest BCUT2D eigenvalue weighted by Crippen LogP contribution is -2.20. The summed E-state index contributed by atoms with van der Waals surface area (Å²) in [6.45, 7) is 0.156. The summed E-state index contributed by atoms with van der Waals surface area (Å²) in [7, 11) is 0. The van der Waals surface area contributed by atoms with Crippen molar-refractivity contribution in [1.29, 1.82) is 0 Å². The van der Waals surface area contributed by atoms with Gasteiger partial charge in [0.05, 0.1) is 5.56 Å². The molecule has 0 atom stereocenters. The molecule has 0 saturated carbocycles. The van der Waals surface area contributed by atoms with Gasteiger partial charge in [-0.15, -0.1) is 0 Å². The van der Waals surface area contributed by atoms with Gasteiger partial charge < -0.3 is 4.74 Å². The predicted octanol–water partition coefficient (Wildman–Crippen LogP) is 6.16. The monoisotopic (exact) mass is 408 g/mol. The molecule has 0 aromatic heterocycles. The summed E-state index contributed by atoms with van der Waals surface area (Å²) in [4.78, 5) is 0. The van der Waals surface area contributed by atoms with E-state index in [-0.39, 0.29) is 11.1 Å². The van der Waals surface area contributed by atoms with E-state index in [0.717, 1.165) is 24.1 Å². The summed E-state index contributed by atoms with van der Waals surface area (Å²) < 4.78 is 83.1. The Morgan fingerprint density at radius 2 is 1.59 bits per heavy atom. The first-order valence-electron chi connectivity index (χ1n) is 8.59. The third kappa shape index (κ3) is 4.83. The molecule has 0 amide bonds. The maximum Gasteiger partial charge on any atom is 0.422 e. The fraction of sp³-hybridized carbons (Fsp3) is 0.182. The SMILES string of the molecule is CCc1ccc2c(F)c(C#Cc3cc(F)c(OCC(F)(F)F)c(F)c3)ccc2c1. The minimum atomic E-state index is -4.73. The highest BCUT2D eigenvalue weighted by Gasteiger charge is 2.29. The van der Waals surface area contributed by atoms with Gasteiger partial charge in [-0.2, -0.15) is 13.2 Å². The average Bonchev–Trinajstić information content (AvgIpc) is 2.65. The van der Waals surface area contributed by atoms with Crippen molar-refractivity contribution in [3.8, 4) is 17.6 Å². The Labute approximate surface area is 162 Å². The largest absolute Gasteiger partial charge is 0.478 e. The highest BCUT2D eigenvalue weighted by atomic mass is 19.4. The molecule has 0 aliphatic heterocycles. The van der Waals surface area contributed by atoms with Crippen LogP contribution < -0.4 is 4.74 Å². The maximum absolute atomic E-state index is 14.7. The van der Waals surface area contributed by atoms with Crippen LogP contribution in [-0.4, -0.2) is 12.8 Å². The van der Waals surface area contributed by atoms with Gasteiger partial charge in [-0.3, -0.25) is 0 Å². The maximum atomic E-state index is 14.7. The molecule has 150 valence electrons. The van der Waals surface area contributed by atoms with Crippen molar-refractivity contribution in [3.63, 3.8) is 0 Å². The Balaban J connectivity index is 1.90. The second-order valence-electron chi connectivity index (χ2n) is 6.26. The van der Waals surface area contributed by atoms with E-state index in [4.69, 9.17) is 0 Å². The number of aryl methyl sites for hydroxylation is 1. The average molecular weight is 408 g/mol. The van der Waals surface area contributed by atoms with E-state index in [9.17, 15) is 26.3 Å². The van der Waals surface area contributed by atoms with Gasteiger partial charge in [0.2, 0.25) is 0 Å². The molecule has 0 heterocycles. The first-order chi connectivity index (χ1) is 13.7. The van der Waals surface area contributed by atoms with E-state index in [1.807, 2.05) is 13.0 Å². The minimum Gasteiger partial charge on any atom is -0.478 e. The highest BCUT2D eigenvalue weighted by Crippen LogP contribution is 2.26. The van der Waals surface area contributed by atoms with E-state index in [1.54, 1.807) is 18.2 Å². The van der Waals surface area contributed by atoms with Gasteiger partial charge >= 0.3 is 6.18 Å². The molecule has 0 fully saturated rings. The molecule has 0 bridgehead atoms. The summed E-state index contributed by atoms with van der Waals surface area (Å²) in [5.41, 5.74) is 0.912. The summed E-state index contributed by atoms with van der Waals surface area (Å²) in [6, 6.07) is 9.91. The van der Waals surface area contributed by atoms with Gasteiger partial charge in [0, 0.05) is 10.9 Å². The molecule has 0 aliphatic carbocycles. The van der Waals surface area contributed by atoms with Crippen LogP contribution in [0.25, 0.3) is 10.8 Å². The predicted molar refractivity (Wildman–Crippen MR) is 97.2 cm³/mol. The second kappa shape index (κ2) is 8.08. The van der Waals surface area contributed by atoms with Crippen LogP contribution in [0, 0.1) is 29.3 Å². The number of ether oxygens (including phenoxy) is 1. The molecule has 1 nitrogen and oxygen atoms in total. The van der Waals surface area contributed by atoms with Crippen molar-refractivity contribution in [2.75, 3.05) is 6.61 Å². The number of hydrogen-bond donors (Lipinski definition) is 0. The Morgan fingerprint density at radius 3 is 2.21 bits per heavy atom. The molecule has 3 rings (SSSR count). The Hall–Kier alpha value is -3.14. The molecular formula is C22H14F6O. The number of alkyl halides is 3. The summed E-state index contributed by atoms with van der Waals surface area (Å²) in [6.07, 6.45) is -3.93. The topological polar surface area (TPSA) is 9.23 Å². The highest BCUT2D eigenvalue weighted by molar-refractivity contribution is 5.85. The van der Waals surface area contributed by atoms with Crippen LogP contribution in [0.4, 0.5) is 26.3 Å². The van der Waals surface area contributed by atoms with Crippen molar-refractivity contribution in [1.82, 2.24) is 0 Å². The lowest BCUT2D eigenvalue weighted by Gasteiger charge is -2.10. The van der Waals surface area contributed by atoms with Crippen molar-refractivity contribution >= 4 is 10.8 Å². The van der Waals surface area contributed by atoms with E-state index in [0.29, 0.717) is 10.8 Å². The number of rotatable bonds is 3. The Morgan fingerprint density at radius 1 is 0.897 bits per heavy atom. The zero-order valence-electron chi connectivity index (χ0n) is 15.1. The van der Waals surface area contributed by atoms with Crippen LogP contribution in [0.1, 0.15) is 23.6 Å². The fourth-order valence-corrected chi connectivity index (χ4v) is 2.72. The number of benzene rings is 3. The third-order valence-corrected chi connectivity index (χ3v) is 4.15. The normalized spacial score (nSPS) is 11.3. The van der Waals surface area contributed by atoms with Crippen molar-refractivity contribution < 1.29 is 31.1 Å². The van der Waals surface area contributed by atoms with E-state index >= 15 is 0 Å². The lowest BCUT2D eigenvalue weighted by molar-refractivity contribution is -0.154. The standard InChI is InChI=1S/C22H14F6O/c1-2-13-4-8-17-16(9-13)7-6-15(20(17)25)5-3-14-10-18(23)21(19(24)11-14)29-12-22(26,27)28/h4,6-11H,2,12H2,1H3. The molecular weight excluding hydrogens is 394 g/mol. The third-order valence-electron chi connectivity index (χ3n) is 4.15. The molecule has 3 aromatic carbocycles. The van der Waals surface area contributed by atoms with Crippen LogP contribution in [0.2, 0.25) is 0 Å². The lowest BCUT2D eigenvalue weighted by atomic mass is 10.0. The Bertz CT molecular complexity index is 1100. The van der Waals surface area contributed by atoms with E-state index in [2.05, 4.69) is 16.6 Å². The molecule has 3 aromatic rings. The summed E-state index contributed by atoms with van der Waals surface area (Å²) in [5, 5.41) is 1.07. The van der Waals surface area contributed by atoms with Crippen LogP contribution in [0.15, 0.2) is 42.5 Å². The van der Waals surface area contributed by atoms with Crippen LogP contribution in [0.3, 0.4) is 0 Å². The molecule has 0 spiro atoms. The van der Waals surface area contributed by atoms with Gasteiger partial charge in [0.1, 0.15) is 5.82 Å².